The van der Waals surface area contributed by atoms with Gasteiger partial charge in [-0.3, -0.25) is 14.6 Å². The first kappa shape index (κ1) is 22.1. The predicted molar refractivity (Wildman–Crippen MR) is 113 cm³/mol. The second kappa shape index (κ2) is 8.41. The molecule has 0 aliphatic heterocycles. The number of anilines is 1. The van der Waals surface area contributed by atoms with Crippen LogP contribution < -0.4 is 10.9 Å². The lowest BCUT2D eigenvalue weighted by Gasteiger charge is -2.11. The van der Waals surface area contributed by atoms with E-state index in [1.165, 1.54) is 29.1 Å². The number of amides is 1. The lowest BCUT2D eigenvalue weighted by molar-refractivity contribution is -0.137. The summed E-state index contributed by atoms with van der Waals surface area (Å²) in [5, 5.41) is 6.91. The van der Waals surface area contributed by atoms with E-state index in [2.05, 4.69) is 20.4 Å². The van der Waals surface area contributed by atoms with Gasteiger partial charge < -0.3 is 9.73 Å². The van der Waals surface area contributed by atoms with Gasteiger partial charge in [-0.1, -0.05) is 19.9 Å². The Morgan fingerprint density at radius 2 is 1.94 bits per heavy atom. The Kier molecular flexibility index (Phi) is 5.62. The predicted octanol–water partition coefficient (Wildman–Crippen LogP) is 4.61. The van der Waals surface area contributed by atoms with Crippen LogP contribution >= 0.6 is 0 Å². The third-order valence-electron chi connectivity index (χ3n) is 4.72. The Labute approximate surface area is 185 Å². The maximum absolute atomic E-state index is 13.0. The van der Waals surface area contributed by atoms with E-state index in [1.54, 1.807) is 12.1 Å². The molecule has 33 heavy (non-hydrogen) atoms. The van der Waals surface area contributed by atoms with E-state index < -0.39 is 23.2 Å². The Bertz CT molecular complexity index is 1350. The summed E-state index contributed by atoms with van der Waals surface area (Å²) in [5.41, 5.74) is -0.755. The maximum atomic E-state index is 13.0. The first-order chi connectivity index (χ1) is 15.6. The van der Waals surface area contributed by atoms with Crippen molar-refractivity contribution in [1.29, 1.82) is 0 Å². The number of hydrogen-bond acceptors (Lipinski definition) is 5. The molecular weight excluding hydrogens is 439 g/mol. The summed E-state index contributed by atoms with van der Waals surface area (Å²) >= 11 is 0. The quantitative estimate of drug-likeness (QED) is 0.455. The van der Waals surface area contributed by atoms with Crippen molar-refractivity contribution in [2.45, 2.75) is 25.9 Å². The SMILES string of the molecule is CC(C)c1cc(=O)[nH]c(-n2nc(-c3ccco3)cc2NC(=O)c2cccc(C(F)(F)F)c2)n1. The summed E-state index contributed by atoms with van der Waals surface area (Å²) in [6.45, 7) is 3.72. The molecule has 4 aromatic rings. The van der Waals surface area contributed by atoms with E-state index in [1.807, 2.05) is 13.8 Å². The van der Waals surface area contributed by atoms with Gasteiger partial charge >= 0.3 is 6.18 Å². The molecule has 0 spiro atoms. The highest BCUT2D eigenvalue weighted by Crippen LogP contribution is 2.30. The van der Waals surface area contributed by atoms with Crippen molar-refractivity contribution in [2.75, 3.05) is 5.32 Å². The van der Waals surface area contributed by atoms with Crippen LogP contribution in [0, 0.1) is 0 Å². The van der Waals surface area contributed by atoms with E-state index in [0.717, 1.165) is 18.2 Å². The highest BCUT2D eigenvalue weighted by Gasteiger charge is 2.31. The number of carbonyl (C=O) groups is 1. The second-order valence-corrected chi connectivity index (χ2v) is 7.49. The van der Waals surface area contributed by atoms with E-state index in [-0.39, 0.29) is 23.2 Å². The van der Waals surface area contributed by atoms with Gasteiger partial charge in [0.2, 0.25) is 5.95 Å². The molecule has 170 valence electrons. The van der Waals surface area contributed by atoms with Gasteiger partial charge in [-0.2, -0.15) is 23.0 Å². The lowest BCUT2D eigenvalue weighted by atomic mass is 10.1. The van der Waals surface area contributed by atoms with E-state index >= 15 is 0 Å². The van der Waals surface area contributed by atoms with Crippen LogP contribution in [0.2, 0.25) is 0 Å². The van der Waals surface area contributed by atoms with E-state index in [4.69, 9.17) is 4.42 Å². The number of alkyl halides is 3. The highest BCUT2D eigenvalue weighted by atomic mass is 19.4. The topological polar surface area (TPSA) is 106 Å². The third kappa shape index (κ3) is 4.71. The Hall–Kier alpha value is -4.15. The average Bonchev–Trinajstić information content (AvgIpc) is 3.43. The Morgan fingerprint density at radius 3 is 2.61 bits per heavy atom. The maximum Gasteiger partial charge on any atom is 0.416 e. The van der Waals surface area contributed by atoms with Gasteiger partial charge in [-0.15, -0.1) is 0 Å². The zero-order chi connectivity index (χ0) is 23.8. The van der Waals surface area contributed by atoms with Crippen molar-refractivity contribution >= 4 is 11.7 Å². The molecule has 1 aromatic carbocycles. The van der Waals surface area contributed by atoms with Crippen LogP contribution in [0.3, 0.4) is 0 Å². The normalized spacial score (nSPS) is 11.7. The fraction of sp³-hybridized carbons (Fsp3) is 0.182. The van der Waals surface area contributed by atoms with Crippen molar-refractivity contribution < 1.29 is 22.4 Å². The summed E-state index contributed by atoms with van der Waals surface area (Å²) in [6.07, 6.45) is -3.15. The third-order valence-corrected chi connectivity index (χ3v) is 4.72. The van der Waals surface area contributed by atoms with Gasteiger partial charge in [0.1, 0.15) is 11.5 Å². The molecule has 0 fully saturated rings. The lowest BCUT2D eigenvalue weighted by Crippen LogP contribution is -2.20. The van der Waals surface area contributed by atoms with Crippen molar-refractivity contribution in [2.24, 2.45) is 0 Å². The number of carbonyl (C=O) groups excluding carboxylic acids is 1. The number of furan rings is 1. The van der Waals surface area contributed by atoms with Crippen LogP contribution in [-0.2, 0) is 6.18 Å². The standard InChI is InChI=1S/C22H18F3N5O3/c1-12(2)15-11-19(31)28-21(26-15)30-18(10-16(29-30)17-7-4-8-33-17)27-20(32)13-5-3-6-14(9-13)22(23,24)25/h3-12H,1-2H3,(H,27,32)(H,26,28,31). The molecule has 0 saturated heterocycles. The van der Waals surface area contributed by atoms with Gasteiger partial charge in [-0.05, 0) is 36.2 Å². The molecule has 0 atom stereocenters. The molecule has 3 aromatic heterocycles. The molecular formula is C22H18F3N5O3. The zero-order valence-electron chi connectivity index (χ0n) is 17.5. The van der Waals surface area contributed by atoms with Crippen LogP contribution in [0.5, 0.6) is 0 Å². The fourth-order valence-corrected chi connectivity index (χ4v) is 3.06. The first-order valence-electron chi connectivity index (χ1n) is 9.86. The average molecular weight is 457 g/mol. The zero-order valence-corrected chi connectivity index (χ0v) is 17.5. The summed E-state index contributed by atoms with van der Waals surface area (Å²) in [5.74, 6) is -0.369. The molecule has 0 saturated carbocycles. The molecule has 4 rings (SSSR count). The molecule has 2 N–H and O–H groups in total. The minimum atomic E-state index is -4.59. The van der Waals surface area contributed by atoms with Gasteiger partial charge in [0.15, 0.2) is 5.76 Å². The summed E-state index contributed by atoms with van der Waals surface area (Å²) in [7, 11) is 0. The van der Waals surface area contributed by atoms with Crippen LogP contribution in [-0.4, -0.2) is 25.7 Å². The molecule has 8 nitrogen and oxygen atoms in total. The first-order valence-corrected chi connectivity index (χ1v) is 9.86. The number of nitrogens with zero attached hydrogens (tertiary/aromatic N) is 3. The van der Waals surface area contributed by atoms with Crippen LogP contribution in [0.4, 0.5) is 19.0 Å². The number of hydrogen-bond donors (Lipinski definition) is 2. The number of aromatic nitrogens is 4. The molecule has 0 radical (unpaired) electrons. The van der Waals surface area contributed by atoms with Crippen molar-refractivity contribution in [3.05, 3.63) is 82.0 Å². The number of benzene rings is 1. The number of aromatic amines is 1. The Morgan fingerprint density at radius 1 is 1.15 bits per heavy atom. The molecule has 0 bridgehead atoms. The number of halogens is 3. The van der Waals surface area contributed by atoms with Gasteiger partial charge in [-0.25, -0.2) is 4.98 Å². The summed E-state index contributed by atoms with van der Waals surface area (Å²) in [4.78, 5) is 31.9. The smallest absolute Gasteiger partial charge is 0.416 e. The van der Waals surface area contributed by atoms with Crippen LogP contribution in [0.25, 0.3) is 17.4 Å². The minimum absolute atomic E-state index is 0.0309. The van der Waals surface area contributed by atoms with Crippen molar-refractivity contribution in [1.82, 2.24) is 19.7 Å². The van der Waals surface area contributed by atoms with Crippen LogP contribution in [0.1, 0.15) is 41.4 Å². The summed E-state index contributed by atoms with van der Waals surface area (Å²) in [6, 6.07) is 10.1. The largest absolute Gasteiger partial charge is 0.463 e. The van der Waals surface area contributed by atoms with Gasteiger partial charge in [0.05, 0.1) is 17.5 Å². The molecule has 3 heterocycles. The monoisotopic (exact) mass is 457 g/mol. The van der Waals surface area contributed by atoms with E-state index in [0.29, 0.717) is 17.1 Å². The molecule has 1 amide bonds. The van der Waals surface area contributed by atoms with Crippen molar-refractivity contribution in [3.63, 3.8) is 0 Å². The van der Waals surface area contributed by atoms with E-state index in [9.17, 15) is 22.8 Å². The number of nitrogens with one attached hydrogen (secondary N) is 2. The molecule has 0 aliphatic carbocycles. The number of rotatable bonds is 5. The number of H-pyrrole nitrogens is 1. The van der Waals surface area contributed by atoms with Gasteiger partial charge in [0, 0.05) is 17.7 Å². The van der Waals surface area contributed by atoms with Gasteiger partial charge in [0.25, 0.3) is 11.5 Å². The highest BCUT2D eigenvalue weighted by molar-refractivity contribution is 6.04. The second-order valence-electron chi connectivity index (χ2n) is 7.49. The fourth-order valence-electron chi connectivity index (χ4n) is 3.06. The van der Waals surface area contributed by atoms with Crippen molar-refractivity contribution in [3.8, 4) is 17.4 Å². The van der Waals surface area contributed by atoms with Crippen LogP contribution in [0.15, 0.2) is 64.0 Å². The Balaban J connectivity index is 1.77. The molecule has 11 heteroatoms. The molecule has 0 aliphatic rings. The minimum Gasteiger partial charge on any atom is -0.463 e. The summed E-state index contributed by atoms with van der Waals surface area (Å²) < 4.78 is 45.7. The molecule has 0 unspecified atom stereocenters.